The van der Waals surface area contributed by atoms with Crippen LogP contribution < -0.4 is 10.1 Å². The van der Waals surface area contributed by atoms with Crippen LogP contribution in [0.25, 0.3) is 0 Å². The molecule has 1 aliphatic carbocycles. The molecule has 1 aromatic carbocycles. The Labute approximate surface area is 122 Å². The molecule has 0 heterocycles. The third-order valence-corrected chi connectivity index (χ3v) is 3.99. The van der Waals surface area contributed by atoms with Crippen LogP contribution in [0.3, 0.4) is 0 Å². The van der Waals surface area contributed by atoms with Crippen molar-refractivity contribution in [3.8, 4) is 5.75 Å². The van der Waals surface area contributed by atoms with E-state index < -0.39 is 0 Å². The number of rotatable bonds is 7. The Bertz CT molecular complexity index is 371. The van der Waals surface area contributed by atoms with E-state index >= 15 is 0 Å². The Morgan fingerprint density at radius 1 is 1.15 bits per heavy atom. The molecule has 3 nitrogen and oxygen atoms in total. The highest BCUT2D eigenvalue weighted by Gasteiger charge is 2.13. The monoisotopic (exact) mass is 277 g/mol. The summed E-state index contributed by atoms with van der Waals surface area (Å²) in [4.78, 5) is 0. The summed E-state index contributed by atoms with van der Waals surface area (Å²) in [5.41, 5.74) is 1.19. The van der Waals surface area contributed by atoms with Gasteiger partial charge in [-0.1, -0.05) is 31.4 Å². The molecule has 0 radical (unpaired) electrons. The zero-order valence-electron chi connectivity index (χ0n) is 12.7. The molecular formula is C17H27NO2. The van der Waals surface area contributed by atoms with Gasteiger partial charge in [-0.15, -0.1) is 0 Å². The number of nitrogens with one attached hydrogen (secondary N) is 1. The van der Waals surface area contributed by atoms with Crippen LogP contribution >= 0.6 is 0 Å². The van der Waals surface area contributed by atoms with Gasteiger partial charge in [-0.3, -0.25) is 0 Å². The second-order valence-electron chi connectivity index (χ2n) is 5.71. The van der Waals surface area contributed by atoms with E-state index in [-0.39, 0.29) is 6.10 Å². The molecule has 1 saturated carbocycles. The molecule has 112 valence electrons. The summed E-state index contributed by atoms with van der Waals surface area (Å²) in [6, 6.07) is 8.77. The van der Waals surface area contributed by atoms with Crippen molar-refractivity contribution in [1.82, 2.24) is 5.32 Å². The molecule has 0 aromatic heterocycles. The SMILES string of the molecule is COc1ccc(COC(C)CNC2CCCCC2)cc1. The van der Waals surface area contributed by atoms with E-state index in [9.17, 15) is 0 Å². The van der Waals surface area contributed by atoms with Crippen molar-refractivity contribution in [2.75, 3.05) is 13.7 Å². The Balaban J connectivity index is 1.64. The first-order valence-corrected chi connectivity index (χ1v) is 7.76. The van der Waals surface area contributed by atoms with Gasteiger partial charge in [0.1, 0.15) is 5.75 Å². The first-order valence-electron chi connectivity index (χ1n) is 7.76. The quantitative estimate of drug-likeness (QED) is 0.827. The number of ether oxygens (including phenoxy) is 2. The lowest BCUT2D eigenvalue weighted by Crippen LogP contribution is -2.36. The van der Waals surface area contributed by atoms with Gasteiger partial charge in [0, 0.05) is 12.6 Å². The smallest absolute Gasteiger partial charge is 0.118 e. The fourth-order valence-corrected chi connectivity index (χ4v) is 2.66. The minimum Gasteiger partial charge on any atom is -0.497 e. The Morgan fingerprint density at radius 3 is 2.50 bits per heavy atom. The van der Waals surface area contributed by atoms with Crippen LogP contribution in [0.15, 0.2) is 24.3 Å². The molecule has 0 amide bonds. The average molecular weight is 277 g/mol. The molecule has 20 heavy (non-hydrogen) atoms. The molecule has 0 spiro atoms. The molecule has 1 aromatic rings. The zero-order valence-corrected chi connectivity index (χ0v) is 12.7. The molecule has 2 rings (SSSR count). The van der Waals surface area contributed by atoms with E-state index in [1.807, 2.05) is 12.1 Å². The average Bonchev–Trinajstić information content (AvgIpc) is 2.52. The minimum atomic E-state index is 0.249. The topological polar surface area (TPSA) is 30.5 Å². The van der Waals surface area contributed by atoms with Crippen LogP contribution in [0.5, 0.6) is 5.75 Å². The normalized spacial score (nSPS) is 17.9. The van der Waals surface area contributed by atoms with Crippen LogP contribution in [0.2, 0.25) is 0 Å². The van der Waals surface area contributed by atoms with E-state index in [0.717, 1.165) is 12.3 Å². The Morgan fingerprint density at radius 2 is 1.85 bits per heavy atom. The fraction of sp³-hybridized carbons (Fsp3) is 0.647. The van der Waals surface area contributed by atoms with E-state index in [2.05, 4.69) is 24.4 Å². The first kappa shape index (κ1) is 15.3. The van der Waals surface area contributed by atoms with Gasteiger partial charge in [0.25, 0.3) is 0 Å². The number of benzene rings is 1. The summed E-state index contributed by atoms with van der Waals surface area (Å²) in [7, 11) is 1.69. The number of methoxy groups -OCH3 is 1. The molecule has 0 saturated heterocycles. The predicted octanol–water partition coefficient (Wildman–Crippen LogP) is 3.52. The van der Waals surface area contributed by atoms with Crippen LogP contribution in [0.4, 0.5) is 0 Å². The fourth-order valence-electron chi connectivity index (χ4n) is 2.66. The maximum absolute atomic E-state index is 5.89. The first-order chi connectivity index (χ1) is 9.78. The second-order valence-corrected chi connectivity index (χ2v) is 5.71. The third kappa shape index (κ3) is 5.14. The molecular weight excluding hydrogens is 250 g/mol. The Kier molecular flexibility index (Phi) is 6.34. The standard InChI is InChI=1S/C17H27NO2/c1-14(12-18-16-6-4-3-5-7-16)20-13-15-8-10-17(19-2)11-9-15/h8-11,14,16,18H,3-7,12-13H2,1-2H3. The van der Waals surface area contributed by atoms with Crippen LogP contribution in [0.1, 0.15) is 44.6 Å². The van der Waals surface area contributed by atoms with Gasteiger partial charge in [0.2, 0.25) is 0 Å². The highest BCUT2D eigenvalue weighted by Crippen LogP contribution is 2.17. The molecule has 0 bridgehead atoms. The summed E-state index contributed by atoms with van der Waals surface area (Å²) in [6.07, 6.45) is 7.05. The summed E-state index contributed by atoms with van der Waals surface area (Å²) >= 11 is 0. The van der Waals surface area contributed by atoms with Gasteiger partial charge in [-0.2, -0.15) is 0 Å². The number of hydrogen-bond donors (Lipinski definition) is 1. The van der Waals surface area contributed by atoms with Crippen molar-refractivity contribution in [3.05, 3.63) is 29.8 Å². The molecule has 1 N–H and O–H groups in total. The van der Waals surface area contributed by atoms with Gasteiger partial charge in [0.15, 0.2) is 0 Å². The molecule has 1 aliphatic rings. The van der Waals surface area contributed by atoms with Gasteiger partial charge in [-0.25, -0.2) is 0 Å². The third-order valence-electron chi connectivity index (χ3n) is 3.99. The highest BCUT2D eigenvalue weighted by molar-refractivity contribution is 5.26. The maximum atomic E-state index is 5.89. The Hall–Kier alpha value is -1.06. The highest BCUT2D eigenvalue weighted by atomic mass is 16.5. The van der Waals surface area contributed by atoms with E-state index in [1.54, 1.807) is 7.11 Å². The largest absolute Gasteiger partial charge is 0.497 e. The lowest BCUT2D eigenvalue weighted by atomic mass is 9.95. The van der Waals surface area contributed by atoms with Crippen molar-refractivity contribution in [2.45, 2.75) is 57.8 Å². The summed E-state index contributed by atoms with van der Waals surface area (Å²) in [6.45, 7) is 3.75. The molecule has 1 atom stereocenters. The van der Waals surface area contributed by atoms with Crippen molar-refractivity contribution in [2.24, 2.45) is 0 Å². The van der Waals surface area contributed by atoms with Gasteiger partial charge in [-0.05, 0) is 37.5 Å². The van der Waals surface area contributed by atoms with Gasteiger partial charge in [0.05, 0.1) is 19.8 Å². The molecule has 3 heteroatoms. The maximum Gasteiger partial charge on any atom is 0.118 e. The van der Waals surface area contributed by atoms with E-state index in [4.69, 9.17) is 9.47 Å². The molecule has 0 aliphatic heterocycles. The summed E-state index contributed by atoms with van der Waals surface area (Å²) in [5.74, 6) is 0.890. The summed E-state index contributed by atoms with van der Waals surface area (Å²) < 4.78 is 11.0. The second kappa shape index (κ2) is 8.28. The van der Waals surface area contributed by atoms with Crippen LogP contribution in [0, 0.1) is 0 Å². The van der Waals surface area contributed by atoms with Crippen LogP contribution in [-0.4, -0.2) is 25.8 Å². The van der Waals surface area contributed by atoms with Crippen molar-refractivity contribution in [3.63, 3.8) is 0 Å². The van der Waals surface area contributed by atoms with E-state index in [0.29, 0.717) is 12.6 Å². The zero-order chi connectivity index (χ0) is 14.2. The summed E-state index contributed by atoms with van der Waals surface area (Å²) in [5, 5.41) is 3.63. The lowest BCUT2D eigenvalue weighted by Gasteiger charge is -2.24. The molecule has 1 fully saturated rings. The predicted molar refractivity (Wildman–Crippen MR) is 82.1 cm³/mol. The minimum absolute atomic E-state index is 0.249. The van der Waals surface area contributed by atoms with Crippen LogP contribution in [-0.2, 0) is 11.3 Å². The lowest BCUT2D eigenvalue weighted by molar-refractivity contribution is 0.0504. The van der Waals surface area contributed by atoms with Crippen molar-refractivity contribution in [1.29, 1.82) is 0 Å². The van der Waals surface area contributed by atoms with Crippen molar-refractivity contribution < 1.29 is 9.47 Å². The van der Waals surface area contributed by atoms with Crippen molar-refractivity contribution >= 4 is 0 Å². The van der Waals surface area contributed by atoms with Gasteiger partial charge < -0.3 is 14.8 Å². The van der Waals surface area contributed by atoms with E-state index in [1.165, 1.54) is 37.7 Å². The van der Waals surface area contributed by atoms with Gasteiger partial charge >= 0.3 is 0 Å². The number of hydrogen-bond acceptors (Lipinski definition) is 3. The molecule has 1 unspecified atom stereocenters.